The molecule has 2 amide bonds. The van der Waals surface area contributed by atoms with E-state index in [4.69, 9.17) is 16.3 Å². The molecule has 0 spiro atoms. The van der Waals surface area contributed by atoms with Crippen LogP contribution in [0.25, 0.3) is 0 Å². The summed E-state index contributed by atoms with van der Waals surface area (Å²) < 4.78 is 5.38. The fourth-order valence-electron chi connectivity index (χ4n) is 3.15. The van der Waals surface area contributed by atoms with Gasteiger partial charge in [-0.3, -0.25) is 9.88 Å². The highest BCUT2D eigenvalue weighted by Crippen LogP contribution is 2.25. The normalized spacial score (nSPS) is 22.3. The van der Waals surface area contributed by atoms with Crippen molar-refractivity contribution in [1.82, 2.24) is 14.8 Å². The van der Waals surface area contributed by atoms with Crippen molar-refractivity contribution < 1.29 is 9.53 Å². The van der Waals surface area contributed by atoms with Crippen molar-refractivity contribution in [3.05, 3.63) is 23.0 Å². The second-order valence-corrected chi connectivity index (χ2v) is 6.58. The Kier molecular flexibility index (Phi) is 5.35. The third kappa shape index (κ3) is 4.13. The number of aryl methyl sites for hydroxylation is 1. The molecule has 0 aromatic carbocycles. The monoisotopic (exact) mass is 338 g/mol. The molecule has 0 aliphatic carbocycles. The van der Waals surface area contributed by atoms with Crippen LogP contribution in [0.5, 0.6) is 0 Å². The lowest BCUT2D eigenvalue weighted by atomic mass is 10.1. The standard InChI is InChI=1S/C16H23ClN4O2/c1-12-15(17)14(2-4-18-12)19-16(22)21-5-3-13(11-21)10-20-6-8-23-9-7-20/h2,4,13H,3,5-11H2,1H3,(H,18,19,22). The van der Waals surface area contributed by atoms with E-state index in [0.29, 0.717) is 16.6 Å². The van der Waals surface area contributed by atoms with Crippen molar-refractivity contribution in [3.63, 3.8) is 0 Å². The number of hydrogen-bond donors (Lipinski definition) is 1. The number of carbonyl (C=O) groups is 1. The number of hydrogen-bond acceptors (Lipinski definition) is 4. The summed E-state index contributed by atoms with van der Waals surface area (Å²) in [6.45, 7) is 8.08. The molecule has 0 saturated carbocycles. The molecule has 2 aliphatic rings. The largest absolute Gasteiger partial charge is 0.379 e. The number of morpholine rings is 1. The van der Waals surface area contributed by atoms with Gasteiger partial charge < -0.3 is 15.0 Å². The maximum absolute atomic E-state index is 12.4. The molecule has 0 bridgehead atoms. The van der Waals surface area contributed by atoms with E-state index >= 15 is 0 Å². The summed E-state index contributed by atoms with van der Waals surface area (Å²) in [5.74, 6) is 0.536. The van der Waals surface area contributed by atoms with Crippen LogP contribution in [0.3, 0.4) is 0 Å². The van der Waals surface area contributed by atoms with Crippen LogP contribution in [0.2, 0.25) is 5.02 Å². The number of amides is 2. The zero-order valence-corrected chi connectivity index (χ0v) is 14.2. The van der Waals surface area contributed by atoms with E-state index in [1.54, 1.807) is 12.3 Å². The number of anilines is 1. The van der Waals surface area contributed by atoms with Crippen molar-refractivity contribution in [1.29, 1.82) is 0 Å². The zero-order chi connectivity index (χ0) is 16.2. The molecular weight excluding hydrogens is 316 g/mol. The number of urea groups is 1. The molecule has 7 heteroatoms. The summed E-state index contributed by atoms with van der Waals surface area (Å²) in [6.07, 6.45) is 2.70. The Morgan fingerprint density at radius 3 is 3.00 bits per heavy atom. The maximum Gasteiger partial charge on any atom is 0.321 e. The number of pyridine rings is 1. The lowest BCUT2D eigenvalue weighted by Gasteiger charge is -2.29. The van der Waals surface area contributed by atoms with Crippen LogP contribution in [0.15, 0.2) is 12.3 Å². The predicted molar refractivity (Wildman–Crippen MR) is 89.9 cm³/mol. The number of halogens is 1. The Morgan fingerprint density at radius 2 is 2.22 bits per heavy atom. The smallest absolute Gasteiger partial charge is 0.321 e. The molecule has 2 saturated heterocycles. The van der Waals surface area contributed by atoms with Gasteiger partial charge in [0.1, 0.15) is 0 Å². The van der Waals surface area contributed by atoms with E-state index in [0.717, 1.165) is 58.1 Å². The van der Waals surface area contributed by atoms with E-state index in [1.165, 1.54) is 0 Å². The minimum Gasteiger partial charge on any atom is -0.379 e. The van der Waals surface area contributed by atoms with Gasteiger partial charge in [0.2, 0.25) is 0 Å². The average Bonchev–Trinajstić information content (AvgIpc) is 3.01. The summed E-state index contributed by atoms with van der Waals surface area (Å²) in [4.78, 5) is 20.8. The van der Waals surface area contributed by atoms with Crippen LogP contribution in [0, 0.1) is 12.8 Å². The second kappa shape index (κ2) is 7.47. The fourth-order valence-corrected chi connectivity index (χ4v) is 3.31. The van der Waals surface area contributed by atoms with Gasteiger partial charge in [0.25, 0.3) is 0 Å². The van der Waals surface area contributed by atoms with Crippen molar-refractivity contribution in [2.75, 3.05) is 51.3 Å². The third-order valence-electron chi connectivity index (χ3n) is 4.50. The zero-order valence-electron chi connectivity index (χ0n) is 13.4. The highest BCUT2D eigenvalue weighted by molar-refractivity contribution is 6.34. The van der Waals surface area contributed by atoms with E-state index in [-0.39, 0.29) is 6.03 Å². The Balaban J connectivity index is 1.52. The molecular formula is C16H23ClN4O2. The number of rotatable bonds is 3. The van der Waals surface area contributed by atoms with Crippen LogP contribution in [-0.2, 0) is 4.74 Å². The Bertz CT molecular complexity index is 563. The number of nitrogens with zero attached hydrogens (tertiary/aromatic N) is 3. The van der Waals surface area contributed by atoms with Gasteiger partial charge in [-0.25, -0.2) is 4.79 Å². The summed E-state index contributed by atoms with van der Waals surface area (Å²) in [7, 11) is 0. The van der Waals surface area contributed by atoms with Crippen molar-refractivity contribution in [2.45, 2.75) is 13.3 Å². The summed E-state index contributed by atoms with van der Waals surface area (Å²) in [5.41, 5.74) is 1.34. The van der Waals surface area contributed by atoms with E-state index in [1.807, 2.05) is 11.8 Å². The Labute approximate surface area is 141 Å². The van der Waals surface area contributed by atoms with Gasteiger partial charge in [-0.2, -0.15) is 0 Å². The molecule has 1 unspecified atom stereocenters. The summed E-state index contributed by atoms with van der Waals surface area (Å²) in [5, 5.41) is 3.40. The molecule has 1 aromatic heterocycles. The highest BCUT2D eigenvalue weighted by atomic mass is 35.5. The van der Waals surface area contributed by atoms with Gasteiger partial charge in [-0.15, -0.1) is 0 Å². The predicted octanol–water partition coefficient (Wildman–Crippen LogP) is 2.23. The van der Waals surface area contributed by atoms with Crippen molar-refractivity contribution in [3.8, 4) is 0 Å². The van der Waals surface area contributed by atoms with Gasteiger partial charge in [0, 0.05) is 38.9 Å². The second-order valence-electron chi connectivity index (χ2n) is 6.20. The quantitative estimate of drug-likeness (QED) is 0.918. The lowest BCUT2D eigenvalue weighted by Crippen LogP contribution is -2.40. The number of carbonyl (C=O) groups excluding carboxylic acids is 1. The van der Waals surface area contributed by atoms with Crippen LogP contribution in [-0.4, -0.2) is 66.8 Å². The van der Waals surface area contributed by atoms with Crippen LogP contribution < -0.4 is 5.32 Å². The van der Waals surface area contributed by atoms with E-state index in [9.17, 15) is 4.79 Å². The van der Waals surface area contributed by atoms with Crippen LogP contribution in [0.1, 0.15) is 12.1 Å². The first kappa shape index (κ1) is 16.5. The van der Waals surface area contributed by atoms with Gasteiger partial charge in [0.05, 0.1) is 29.6 Å². The van der Waals surface area contributed by atoms with E-state index < -0.39 is 0 Å². The van der Waals surface area contributed by atoms with Crippen LogP contribution in [0.4, 0.5) is 10.5 Å². The van der Waals surface area contributed by atoms with Crippen LogP contribution >= 0.6 is 11.6 Å². The molecule has 0 radical (unpaired) electrons. The molecule has 1 N–H and O–H groups in total. The van der Waals surface area contributed by atoms with Crippen molar-refractivity contribution in [2.24, 2.45) is 5.92 Å². The molecule has 3 rings (SSSR count). The fraction of sp³-hybridized carbons (Fsp3) is 0.625. The SMILES string of the molecule is Cc1nccc(NC(=O)N2CCC(CN3CCOCC3)C2)c1Cl. The first-order valence-electron chi connectivity index (χ1n) is 8.10. The van der Waals surface area contributed by atoms with E-state index in [2.05, 4.69) is 15.2 Å². The molecule has 2 fully saturated rings. The minimum atomic E-state index is -0.0815. The maximum atomic E-state index is 12.4. The Morgan fingerprint density at radius 1 is 1.43 bits per heavy atom. The summed E-state index contributed by atoms with van der Waals surface area (Å²) in [6, 6.07) is 1.65. The molecule has 2 aliphatic heterocycles. The number of ether oxygens (including phenoxy) is 1. The molecule has 126 valence electrons. The molecule has 1 aromatic rings. The number of nitrogens with one attached hydrogen (secondary N) is 1. The van der Waals surface area contributed by atoms with Gasteiger partial charge in [-0.1, -0.05) is 11.6 Å². The topological polar surface area (TPSA) is 57.7 Å². The third-order valence-corrected chi connectivity index (χ3v) is 4.98. The van der Waals surface area contributed by atoms with Gasteiger partial charge >= 0.3 is 6.03 Å². The van der Waals surface area contributed by atoms with Gasteiger partial charge in [-0.05, 0) is 25.3 Å². The summed E-state index contributed by atoms with van der Waals surface area (Å²) >= 11 is 6.19. The average molecular weight is 339 g/mol. The van der Waals surface area contributed by atoms with Gasteiger partial charge in [0.15, 0.2) is 0 Å². The molecule has 1 atom stereocenters. The molecule has 3 heterocycles. The highest BCUT2D eigenvalue weighted by Gasteiger charge is 2.28. The Hall–Kier alpha value is -1.37. The first-order valence-corrected chi connectivity index (χ1v) is 8.48. The molecule has 6 nitrogen and oxygen atoms in total. The van der Waals surface area contributed by atoms with Crippen molar-refractivity contribution >= 4 is 23.3 Å². The number of likely N-dealkylation sites (tertiary alicyclic amines) is 1. The molecule has 23 heavy (non-hydrogen) atoms. The first-order chi connectivity index (χ1) is 11.1. The number of aromatic nitrogens is 1. The lowest BCUT2D eigenvalue weighted by molar-refractivity contribution is 0.0314. The minimum absolute atomic E-state index is 0.0815.